The van der Waals surface area contributed by atoms with Gasteiger partial charge in [0.25, 0.3) is 0 Å². The summed E-state index contributed by atoms with van der Waals surface area (Å²) in [6.45, 7) is 1.32. The molecule has 1 aromatic heterocycles. The van der Waals surface area contributed by atoms with Gasteiger partial charge >= 0.3 is 0 Å². The summed E-state index contributed by atoms with van der Waals surface area (Å²) in [7, 11) is 0. The number of aliphatic hydroxyl groups is 1. The van der Waals surface area contributed by atoms with Crippen molar-refractivity contribution in [2.75, 3.05) is 36.6 Å². The summed E-state index contributed by atoms with van der Waals surface area (Å²) in [5.74, 6) is 0.933. The maximum atomic E-state index is 9.52. The number of hydrogen-bond acceptors (Lipinski definition) is 6. The van der Waals surface area contributed by atoms with Gasteiger partial charge < -0.3 is 26.6 Å². The van der Waals surface area contributed by atoms with Gasteiger partial charge in [-0.15, -0.1) is 0 Å². The van der Waals surface area contributed by atoms with E-state index < -0.39 is 0 Å². The number of nitrogens with one attached hydrogen (secondary N) is 1. The smallest absolute Gasteiger partial charge is 0.149 e. The summed E-state index contributed by atoms with van der Waals surface area (Å²) >= 11 is 0. The highest BCUT2D eigenvalue weighted by Crippen LogP contribution is 2.26. The number of nitrogens with two attached hydrogens (primary N) is 2. The topological polar surface area (TPSA) is 106 Å². The lowest BCUT2D eigenvalue weighted by molar-refractivity contribution is 0.0378. The van der Waals surface area contributed by atoms with Gasteiger partial charge in [-0.25, -0.2) is 4.98 Å². The molecule has 0 saturated carbocycles. The molecule has 1 aliphatic heterocycles. The third-order valence-electron chi connectivity index (χ3n) is 3.10. The Morgan fingerprint density at radius 2 is 2.06 bits per heavy atom. The minimum absolute atomic E-state index is 0.0440. The van der Waals surface area contributed by atoms with Crippen LogP contribution in [0.25, 0.3) is 0 Å². The number of hydrogen-bond donors (Lipinski definition) is 4. The fourth-order valence-electron chi connectivity index (χ4n) is 1.91. The standard InChI is InChI=1S/C11H18N4O2/c12-8-1-2-9(14-10(8)13)15-11(7-16)3-5-17-6-4-11/h1-2,16H,3-7,12H2,(H3,13,14,15). The molecule has 6 nitrogen and oxygen atoms in total. The van der Waals surface area contributed by atoms with Crippen molar-refractivity contribution in [3.05, 3.63) is 12.1 Å². The lowest BCUT2D eigenvalue weighted by atomic mass is 9.91. The third kappa shape index (κ3) is 2.59. The first-order valence-corrected chi connectivity index (χ1v) is 5.64. The molecule has 94 valence electrons. The number of nitrogens with zero attached hydrogens (tertiary/aromatic N) is 1. The van der Waals surface area contributed by atoms with Crippen molar-refractivity contribution in [2.24, 2.45) is 0 Å². The van der Waals surface area contributed by atoms with Crippen molar-refractivity contribution >= 4 is 17.3 Å². The second-order valence-corrected chi connectivity index (χ2v) is 4.35. The van der Waals surface area contributed by atoms with Crippen LogP contribution in [0.15, 0.2) is 12.1 Å². The van der Waals surface area contributed by atoms with Crippen LogP contribution in [0, 0.1) is 0 Å². The Morgan fingerprint density at radius 3 is 2.65 bits per heavy atom. The third-order valence-corrected chi connectivity index (χ3v) is 3.10. The second-order valence-electron chi connectivity index (χ2n) is 4.35. The average molecular weight is 238 g/mol. The summed E-state index contributed by atoms with van der Waals surface area (Å²) < 4.78 is 5.29. The van der Waals surface area contributed by atoms with Crippen molar-refractivity contribution < 1.29 is 9.84 Å². The molecule has 0 aliphatic carbocycles. The van der Waals surface area contributed by atoms with Crippen LogP contribution < -0.4 is 16.8 Å². The molecule has 0 bridgehead atoms. The van der Waals surface area contributed by atoms with E-state index >= 15 is 0 Å². The van der Waals surface area contributed by atoms with E-state index in [1.54, 1.807) is 12.1 Å². The maximum Gasteiger partial charge on any atom is 0.149 e. The molecule has 6 N–H and O–H groups in total. The minimum atomic E-state index is -0.367. The maximum absolute atomic E-state index is 9.52. The fourth-order valence-corrected chi connectivity index (χ4v) is 1.91. The molecule has 0 aromatic carbocycles. The molecule has 6 heteroatoms. The molecule has 0 atom stereocenters. The van der Waals surface area contributed by atoms with Crippen LogP contribution in [0.3, 0.4) is 0 Å². The molecular formula is C11H18N4O2. The van der Waals surface area contributed by atoms with Crippen LogP contribution in [-0.4, -0.2) is 35.5 Å². The monoisotopic (exact) mass is 238 g/mol. The lowest BCUT2D eigenvalue weighted by Gasteiger charge is -2.36. The summed E-state index contributed by atoms with van der Waals surface area (Å²) in [5.41, 5.74) is 11.3. The number of aliphatic hydroxyl groups excluding tert-OH is 1. The first-order valence-electron chi connectivity index (χ1n) is 5.64. The zero-order valence-electron chi connectivity index (χ0n) is 9.65. The molecule has 2 rings (SSSR count). The normalized spacial score (nSPS) is 18.9. The van der Waals surface area contributed by atoms with Gasteiger partial charge in [-0.3, -0.25) is 0 Å². The molecule has 0 radical (unpaired) electrons. The molecule has 1 aromatic rings. The molecule has 1 fully saturated rings. The Balaban J connectivity index is 2.14. The van der Waals surface area contributed by atoms with Gasteiger partial charge in [-0.1, -0.05) is 0 Å². The number of rotatable bonds is 3. The van der Waals surface area contributed by atoms with Gasteiger partial charge in [0.15, 0.2) is 0 Å². The second kappa shape index (κ2) is 4.77. The van der Waals surface area contributed by atoms with E-state index in [2.05, 4.69) is 10.3 Å². The number of nitrogen functional groups attached to an aromatic ring is 2. The van der Waals surface area contributed by atoms with Crippen LogP contribution in [-0.2, 0) is 4.74 Å². The quantitative estimate of drug-likeness (QED) is 0.599. The minimum Gasteiger partial charge on any atom is -0.396 e. The van der Waals surface area contributed by atoms with Crippen LogP contribution in [0.2, 0.25) is 0 Å². The van der Waals surface area contributed by atoms with E-state index in [4.69, 9.17) is 16.2 Å². The van der Waals surface area contributed by atoms with Crippen molar-refractivity contribution in [1.82, 2.24) is 4.98 Å². The van der Waals surface area contributed by atoms with Crippen LogP contribution in [0.4, 0.5) is 17.3 Å². The average Bonchev–Trinajstić information content (AvgIpc) is 2.35. The molecular weight excluding hydrogens is 220 g/mol. The highest BCUT2D eigenvalue weighted by molar-refractivity contribution is 5.62. The molecule has 17 heavy (non-hydrogen) atoms. The van der Waals surface area contributed by atoms with Crippen LogP contribution in [0.5, 0.6) is 0 Å². The highest BCUT2D eigenvalue weighted by Gasteiger charge is 2.32. The lowest BCUT2D eigenvalue weighted by Crippen LogP contribution is -2.47. The molecule has 0 unspecified atom stereocenters. The molecule has 1 saturated heterocycles. The van der Waals surface area contributed by atoms with Crippen LogP contribution >= 0.6 is 0 Å². The fraction of sp³-hybridized carbons (Fsp3) is 0.545. The zero-order chi connectivity index (χ0) is 12.3. The summed E-state index contributed by atoms with van der Waals surface area (Å²) in [5, 5.41) is 12.8. The van der Waals surface area contributed by atoms with Gasteiger partial charge in [-0.05, 0) is 25.0 Å². The molecule has 2 heterocycles. The number of pyridine rings is 1. The first kappa shape index (κ1) is 11.9. The van der Waals surface area contributed by atoms with E-state index in [1.165, 1.54) is 0 Å². The predicted octanol–water partition coefficient (Wildman–Crippen LogP) is 0.199. The Bertz CT molecular complexity index is 391. The van der Waals surface area contributed by atoms with Gasteiger partial charge in [0.1, 0.15) is 11.6 Å². The summed E-state index contributed by atoms with van der Waals surface area (Å²) in [6.07, 6.45) is 1.49. The van der Waals surface area contributed by atoms with Crippen LogP contribution in [0.1, 0.15) is 12.8 Å². The summed E-state index contributed by atoms with van der Waals surface area (Å²) in [4.78, 5) is 4.15. The molecule has 0 amide bonds. The largest absolute Gasteiger partial charge is 0.396 e. The van der Waals surface area contributed by atoms with Crippen molar-refractivity contribution in [3.8, 4) is 0 Å². The molecule has 1 aliphatic rings. The predicted molar refractivity (Wildman–Crippen MR) is 66.6 cm³/mol. The van der Waals surface area contributed by atoms with Gasteiger partial charge in [0.2, 0.25) is 0 Å². The van der Waals surface area contributed by atoms with Crippen molar-refractivity contribution in [3.63, 3.8) is 0 Å². The van der Waals surface area contributed by atoms with Crippen molar-refractivity contribution in [2.45, 2.75) is 18.4 Å². The Labute approximate surface area is 100.0 Å². The summed E-state index contributed by atoms with van der Waals surface area (Å²) in [6, 6.07) is 3.47. The number of ether oxygens (including phenoxy) is 1. The van der Waals surface area contributed by atoms with E-state index in [9.17, 15) is 5.11 Å². The first-order chi connectivity index (χ1) is 8.15. The van der Waals surface area contributed by atoms with Gasteiger partial charge in [0.05, 0.1) is 17.8 Å². The number of anilines is 3. The number of aromatic nitrogens is 1. The van der Waals surface area contributed by atoms with E-state index in [-0.39, 0.29) is 12.1 Å². The van der Waals surface area contributed by atoms with Gasteiger partial charge in [0, 0.05) is 13.2 Å². The van der Waals surface area contributed by atoms with Gasteiger partial charge in [-0.2, -0.15) is 0 Å². The SMILES string of the molecule is Nc1ccc(NC2(CO)CCOCC2)nc1N. The Kier molecular flexibility index (Phi) is 3.35. The van der Waals surface area contributed by atoms with E-state index in [0.29, 0.717) is 30.5 Å². The Hall–Kier alpha value is -1.53. The highest BCUT2D eigenvalue weighted by atomic mass is 16.5. The van der Waals surface area contributed by atoms with Crippen molar-refractivity contribution in [1.29, 1.82) is 0 Å². The zero-order valence-corrected chi connectivity index (χ0v) is 9.65. The van der Waals surface area contributed by atoms with E-state index in [1.807, 2.05) is 0 Å². The molecule has 0 spiro atoms. The Morgan fingerprint density at radius 1 is 1.35 bits per heavy atom. The van der Waals surface area contributed by atoms with E-state index in [0.717, 1.165) is 12.8 Å².